The summed E-state index contributed by atoms with van der Waals surface area (Å²) < 4.78 is 27.9. The molecule has 0 bridgehead atoms. The van der Waals surface area contributed by atoms with Crippen LogP contribution >= 0.6 is 0 Å². The lowest BCUT2D eigenvalue weighted by Crippen LogP contribution is -2.52. The molecule has 0 spiro atoms. The summed E-state index contributed by atoms with van der Waals surface area (Å²) in [5.74, 6) is 0.0892. The van der Waals surface area contributed by atoms with Crippen LogP contribution in [0.2, 0.25) is 0 Å². The molecule has 5 atom stereocenters. The van der Waals surface area contributed by atoms with E-state index in [-0.39, 0.29) is 23.9 Å². The fourth-order valence-corrected chi connectivity index (χ4v) is 2.91. The number of azide groups is 1. The highest BCUT2D eigenvalue weighted by Gasteiger charge is 2.43. The Balaban J connectivity index is 2.30. The van der Waals surface area contributed by atoms with Crippen molar-refractivity contribution in [1.82, 2.24) is 0 Å². The van der Waals surface area contributed by atoms with Gasteiger partial charge in [-0.2, -0.15) is 0 Å². The lowest BCUT2D eigenvalue weighted by Gasteiger charge is -2.43. The Morgan fingerprint density at radius 1 is 1.12 bits per heavy atom. The zero-order valence-corrected chi connectivity index (χ0v) is 16.1. The normalized spacial score (nSPS) is 28.4. The van der Waals surface area contributed by atoms with E-state index in [1.165, 1.54) is 6.92 Å². The van der Waals surface area contributed by atoms with Gasteiger partial charge in [0.2, 0.25) is 0 Å². The van der Waals surface area contributed by atoms with E-state index in [1.54, 1.807) is 0 Å². The highest BCUT2D eigenvalue weighted by Crippen LogP contribution is 2.34. The molecule has 1 rings (SSSR count). The third-order valence-electron chi connectivity index (χ3n) is 4.50. The van der Waals surface area contributed by atoms with Gasteiger partial charge in [0.25, 0.3) is 0 Å². The minimum Gasteiger partial charge on any atom is -0.457 e. The lowest BCUT2D eigenvalue weighted by molar-refractivity contribution is -0.277. The first-order chi connectivity index (χ1) is 12.5. The molecule has 1 saturated heterocycles. The Labute approximate surface area is 154 Å². The van der Waals surface area contributed by atoms with Gasteiger partial charge in [0, 0.05) is 24.3 Å². The third kappa shape index (κ3) is 7.88. The number of carbonyl (C=O) groups is 1. The number of carbonyl (C=O) groups excluding carboxylic acids is 1. The van der Waals surface area contributed by atoms with E-state index < -0.39 is 12.4 Å². The molecular formula is C17H31N3O6. The quantitative estimate of drug-likeness (QED) is 0.171. The van der Waals surface area contributed by atoms with E-state index in [0.717, 1.165) is 6.42 Å². The van der Waals surface area contributed by atoms with Gasteiger partial charge in [0.15, 0.2) is 12.4 Å². The molecule has 1 aliphatic rings. The Hall–Kier alpha value is -1.38. The number of rotatable bonds is 12. The minimum atomic E-state index is -0.584. The molecule has 1 unspecified atom stereocenters. The van der Waals surface area contributed by atoms with Crippen molar-refractivity contribution in [2.75, 3.05) is 39.6 Å². The standard InChI is InChI=1S/C17H31N3O6/c1-5-15-12(2)13(3)16(25-14(4)21)17(26-15)24-11-10-23-9-8-22-7-6-19-20-18/h12-13,15-17H,5-11H2,1-4H3/t12-,13+,15-,16-,17?/m1/s1. The third-order valence-corrected chi connectivity index (χ3v) is 4.50. The molecule has 26 heavy (non-hydrogen) atoms. The van der Waals surface area contributed by atoms with E-state index >= 15 is 0 Å². The van der Waals surface area contributed by atoms with Gasteiger partial charge in [-0.1, -0.05) is 25.9 Å². The summed E-state index contributed by atoms with van der Waals surface area (Å²) in [5.41, 5.74) is 8.13. The summed E-state index contributed by atoms with van der Waals surface area (Å²) in [4.78, 5) is 14.0. The van der Waals surface area contributed by atoms with E-state index in [4.69, 9.17) is 29.2 Å². The molecule has 0 aliphatic carbocycles. The smallest absolute Gasteiger partial charge is 0.303 e. The van der Waals surface area contributed by atoms with Crippen LogP contribution in [0.5, 0.6) is 0 Å². The van der Waals surface area contributed by atoms with E-state index in [1.807, 2.05) is 0 Å². The Kier molecular flexibility index (Phi) is 11.2. The number of nitrogens with zero attached hydrogens (tertiary/aromatic N) is 3. The fraction of sp³-hybridized carbons (Fsp3) is 0.941. The predicted octanol–water partition coefficient (Wildman–Crippen LogP) is 2.69. The number of hydrogen-bond acceptors (Lipinski definition) is 7. The molecule has 1 fully saturated rings. The number of ether oxygens (including phenoxy) is 5. The van der Waals surface area contributed by atoms with Crippen molar-refractivity contribution in [3.8, 4) is 0 Å². The molecule has 0 N–H and O–H groups in total. The zero-order valence-electron chi connectivity index (χ0n) is 16.1. The van der Waals surface area contributed by atoms with Crippen molar-refractivity contribution in [2.24, 2.45) is 17.0 Å². The molecule has 0 saturated carbocycles. The molecule has 0 radical (unpaired) electrons. The van der Waals surface area contributed by atoms with Crippen LogP contribution in [0.15, 0.2) is 5.11 Å². The van der Waals surface area contributed by atoms with Crippen molar-refractivity contribution in [1.29, 1.82) is 0 Å². The van der Waals surface area contributed by atoms with Crippen LogP contribution in [0.1, 0.15) is 34.1 Å². The van der Waals surface area contributed by atoms with Gasteiger partial charge in [0.05, 0.1) is 39.1 Å². The van der Waals surface area contributed by atoms with Gasteiger partial charge in [-0.05, 0) is 17.9 Å². The second-order valence-corrected chi connectivity index (χ2v) is 6.29. The van der Waals surface area contributed by atoms with Crippen LogP contribution in [0.25, 0.3) is 10.4 Å². The van der Waals surface area contributed by atoms with Crippen molar-refractivity contribution < 1.29 is 28.5 Å². The average Bonchev–Trinajstić information content (AvgIpc) is 2.62. The summed E-state index contributed by atoms with van der Waals surface area (Å²) in [5, 5.41) is 3.37. The van der Waals surface area contributed by atoms with Crippen LogP contribution in [0.3, 0.4) is 0 Å². The first-order valence-electron chi connectivity index (χ1n) is 9.11. The lowest BCUT2D eigenvalue weighted by atomic mass is 9.82. The molecule has 150 valence electrons. The average molecular weight is 373 g/mol. The van der Waals surface area contributed by atoms with Crippen molar-refractivity contribution in [3.05, 3.63) is 10.4 Å². The van der Waals surface area contributed by atoms with Crippen LogP contribution in [-0.4, -0.2) is 64.0 Å². The molecule has 0 aromatic heterocycles. The van der Waals surface area contributed by atoms with E-state index in [9.17, 15) is 4.79 Å². The highest BCUT2D eigenvalue weighted by atomic mass is 16.7. The maximum atomic E-state index is 11.4. The van der Waals surface area contributed by atoms with E-state index in [2.05, 4.69) is 30.8 Å². The van der Waals surface area contributed by atoms with Gasteiger partial charge in [-0.15, -0.1) is 0 Å². The minimum absolute atomic E-state index is 0.0761. The highest BCUT2D eigenvalue weighted by molar-refractivity contribution is 5.66. The maximum Gasteiger partial charge on any atom is 0.303 e. The van der Waals surface area contributed by atoms with Crippen LogP contribution in [0, 0.1) is 11.8 Å². The Morgan fingerprint density at radius 2 is 1.77 bits per heavy atom. The monoisotopic (exact) mass is 373 g/mol. The van der Waals surface area contributed by atoms with Gasteiger partial charge >= 0.3 is 5.97 Å². The molecule has 1 aliphatic heterocycles. The molecule has 0 aromatic carbocycles. The Bertz CT molecular complexity index is 458. The molecule has 0 amide bonds. The molecule has 0 aromatic rings. The number of esters is 1. The topological polar surface area (TPSA) is 112 Å². The summed E-state index contributed by atoms with van der Waals surface area (Å²) in [6.45, 7) is 9.87. The summed E-state index contributed by atoms with van der Waals surface area (Å²) in [7, 11) is 0. The van der Waals surface area contributed by atoms with Crippen LogP contribution in [-0.2, 0) is 28.5 Å². The SMILES string of the molecule is CC[C@H]1OC(OCCOCCOCCN=[N+]=[N-])[C@H](OC(C)=O)[C@@H](C)[C@H]1C. The van der Waals surface area contributed by atoms with Gasteiger partial charge < -0.3 is 23.7 Å². The first-order valence-corrected chi connectivity index (χ1v) is 9.11. The molecule has 9 heteroatoms. The summed E-state index contributed by atoms with van der Waals surface area (Å²) in [6.07, 6.45) is -0.0535. The molecule has 9 nitrogen and oxygen atoms in total. The molecule has 1 heterocycles. The summed E-state index contributed by atoms with van der Waals surface area (Å²) in [6, 6.07) is 0. The fourth-order valence-electron chi connectivity index (χ4n) is 2.91. The second kappa shape index (κ2) is 12.9. The van der Waals surface area contributed by atoms with Crippen LogP contribution in [0.4, 0.5) is 0 Å². The number of hydrogen-bond donors (Lipinski definition) is 0. The first kappa shape index (κ1) is 22.7. The van der Waals surface area contributed by atoms with Crippen LogP contribution < -0.4 is 0 Å². The van der Waals surface area contributed by atoms with Gasteiger partial charge in [-0.3, -0.25) is 4.79 Å². The Morgan fingerprint density at radius 3 is 2.38 bits per heavy atom. The van der Waals surface area contributed by atoms with Crippen molar-refractivity contribution in [2.45, 2.75) is 52.6 Å². The van der Waals surface area contributed by atoms with Crippen molar-refractivity contribution >= 4 is 5.97 Å². The zero-order chi connectivity index (χ0) is 19.4. The van der Waals surface area contributed by atoms with Gasteiger partial charge in [0.1, 0.15) is 0 Å². The largest absolute Gasteiger partial charge is 0.457 e. The van der Waals surface area contributed by atoms with Crippen molar-refractivity contribution in [3.63, 3.8) is 0 Å². The maximum absolute atomic E-state index is 11.4. The predicted molar refractivity (Wildman–Crippen MR) is 94.4 cm³/mol. The second-order valence-electron chi connectivity index (χ2n) is 6.29. The van der Waals surface area contributed by atoms with Gasteiger partial charge in [-0.25, -0.2) is 0 Å². The summed E-state index contributed by atoms with van der Waals surface area (Å²) >= 11 is 0. The molecular weight excluding hydrogens is 342 g/mol. The van der Waals surface area contributed by atoms with E-state index in [0.29, 0.717) is 39.6 Å².